The van der Waals surface area contributed by atoms with Gasteiger partial charge in [-0.3, -0.25) is 4.79 Å². The Morgan fingerprint density at radius 3 is 3.00 bits per heavy atom. The Morgan fingerprint density at radius 1 is 1.65 bits per heavy atom. The van der Waals surface area contributed by atoms with Gasteiger partial charge in [0.1, 0.15) is 12.4 Å². The van der Waals surface area contributed by atoms with Gasteiger partial charge < -0.3 is 15.4 Å². The minimum atomic E-state index is -0.239. The maximum atomic E-state index is 11.5. The van der Waals surface area contributed by atoms with Gasteiger partial charge in [0.05, 0.1) is 6.61 Å². The topological polar surface area (TPSA) is 81.3 Å². The molecule has 6 heteroatoms. The molecule has 0 aromatic carbocycles. The Morgan fingerprint density at radius 2 is 2.41 bits per heavy atom. The van der Waals surface area contributed by atoms with E-state index in [4.69, 9.17) is 10.5 Å². The number of ether oxygens (including phenoxy) is 1. The lowest BCUT2D eigenvalue weighted by molar-refractivity contribution is -0.141. The quantitative estimate of drug-likeness (QED) is 0.753. The largest absolute Gasteiger partial charge is 0.465 e. The molecule has 1 aliphatic carbocycles. The van der Waals surface area contributed by atoms with Crippen molar-refractivity contribution in [1.82, 2.24) is 9.97 Å². The van der Waals surface area contributed by atoms with E-state index >= 15 is 0 Å². The van der Waals surface area contributed by atoms with Gasteiger partial charge in [-0.15, -0.1) is 0 Å². The van der Waals surface area contributed by atoms with Crippen LogP contribution in [0.4, 0.5) is 11.8 Å². The number of nitrogens with two attached hydrogens (primary N) is 1. The number of nitrogen functional groups attached to an aromatic ring is 1. The molecule has 1 aromatic rings. The van der Waals surface area contributed by atoms with E-state index in [1.165, 1.54) is 0 Å². The molecule has 2 rings (SSSR count). The Kier molecular flexibility index (Phi) is 3.41. The highest BCUT2D eigenvalue weighted by atomic mass is 16.5. The zero-order valence-corrected chi connectivity index (χ0v) is 9.80. The summed E-state index contributed by atoms with van der Waals surface area (Å²) in [6.07, 6.45) is 3.74. The standard InChI is InChI=1S/C11H16N4O2/c1-2-17-10(16)7-15(8-3-4-8)9-5-6-13-11(12)14-9/h5-6,8H,2-4,7H2,1H3,(H2,12,13,14). The molecule has 92 valence electrons. The van der Waals surface area contributed by atoms with Crippen LogP contribution >= 0.6 is 0 Å². The lowest BCUT2D eigenvalue weighted by Crippen LogP contribution is -2.33. The van der Waals surface area contributed by atoms with Crippen LogP contribution in [0.2, 0.25) is 0 Å². The van der Waals surface area contributed by atoms with Gasteiger partial charge >= 0.3 is 5.97 Å². The molecule has 0 unspecified atom stereocenters. The maximum absolute atomic E-state index is 11.5. The number of hydrogen-bond acceptors (Lipinski definition) is 6. The molecule has 2 N–H and O–H groups in total. The zero-order valence-electron chi connectivity index (χ0n) is 9.80. The molecule has 0 bridgehead atoms. The molecule has 0 aliphatic heterocycles. The van der Waals surface area contributed by atoms with Crippen LogP contribution in [0.15, 0.2) is 12.3 Å². The van der Waals surface area contributed by atoms with Gasteiger partial charge in [-0.2, -0.15) is 4.98 Å². The monoisotopic (exact) mass is 236 g/mol. The lowest BCUT2D eigenvalue weighted by atomic mass is 10.4. The van der Waals surface area contributed by atoms with Crippen LogP contribution in [0.5, 0.6) is 0 Å². The van der Waals surface area contributed by atoms with Crippen molar-refractivity contribution in [2.45, 2.75) is 25.8 Å². The summed E-state index contributed by atoms with van der Waals surface area (Å²) >= 11 is 0. The van der Waals surface area contributed by atoms with Gasteiger partial charge in [-0.05, 0) is 25.8 Å². The SMILES string of the molecule is CCOC(=O)CN(c1ccnc(N)n1)C1CC1. The molecule has 1 aromatic heterocycles. The van der Waals surface area contributed by atoms with Crippen LogP contribution in [-0.2, 0) is 9.53 Å². The predicted molar refractivity (Wildman–Crippen MR) is 63.4 cm³/mol. The first-order valence-corrected chi connectivity index (χ1v) is 5.71. The van der Waals surface area contributed by atoms with Crippen LogP contribution in [0.3, 0.4) is 0 Å². The van der Waals surface area contributed by atoms with Crippen molar-refractivity contribution in [1.29, 1.82) is 0 Å². The Hall–Kier alpha value is -1.85. The van der Waals surface area contributed by atoms with Crippen LogP contribution in [0.1, 0.15) is 19.8 Å². The van der Waals surface area contributed by atoms with Gasteiger partial charge in [0.25, 0.3) is 0 Å². The molecule has 6 nitrogen and oxygen atoms in total. The van der Waals surface area contributed by atoms with Gasteiger partial charge in [0.15, 0.2) is 0 Å². The van der Waals surface area contributed by atoms with Crippen molar-refractivity contribution in [2.24, 2.45) is 0 Å². The number of esters is 1. The molecular weight excluding hydrogens is 220 g/mol. The number of carbonyl (C=O) groups excluding carboxylic acids is 1. The Balaban J connectivity index is 2.09. The fourth-order valence-electron chi connectivity index (χ4n) is 1.65. The summed E-state index contributed by atoms with van der Waals surface area (Å²) in [5.41, 5.74) is 5.54. The van der Waals surface area contributed by atoms with Crippen molar-refractivity contribution in [3.05, 3.63) is 12.3 Å². The Labute approximate surface area is 99.8 Å². The van der Waals surface area contributed by atoms with E-state index in [2.05, 4.69) is 9.97 Å². The van der Waals surface area contributed by atoms with E-state index in [1.807, 2.05) is 4.90 Å². The van der Waals surface area contributed by atoms with E-state index in [-0.39, 0.29) is 18.5 Å². The van der Waals surface area contributed by atoms with E-state index in [1.54, 1.807) is 19.2 Å². The van der Waals surface area contributed by atoms with Crippen LogP contribution < -0.4 is 10.6 Å². The lowest BCUT2D eigenvalue weighted by Gasteiger charge is -2.22. The van der Waals surface area contributed by atoms with Crippen LogP contribution in [-0.4, -0.2) is 35.1 Å². The molecule has 0 saturated heterocycles. The molecule has 0 atom stereocenters. The molecule has 0 amide bonds. The van der Waals surface area contributed by atoms with Gasteiger partial charge in [0, 0.05) is 12.2 Å². The summed E-state index contributed by atoms with van der Waals surface area (Å²) in [5, 5.41) is 0. The third-order valence-electron chi connectivity index (χ3n) is 2.55. The van der Waals surface area contributed by atoms with Gasteiger partial charge in [-0.1, -0.05) is 0 Å². The Bertz CT molecular complexity index is 406. The summed E-state index contributed by atoms with van der Waals surface area (Å²) in [5.74, 6) is 0.668. The summed E-state index contributed by atoms with van der Waals surface area (Å²) in [4.78, 5) is 21.4. The third-order valence-corrected chi connectivity index (χ3v) is 2.55. The molecule has 1 aliphatic rings. The molecule has 0 radical (unpaired) electrons. The van der Waals surface area contributed by atoms with E-state index in [0.717, 1.165) is 12.8 Å². The maximum Gasteiger partial charge on any atom is 0.325 e. The van der Waals surface area contributed by atoms with Crippen molar-refractivity contribution in [3.8, 4) is 0 Å². The minimum absolute atomic E-state index is 0.217. The third kappa shape index (κ3) is 3.05. The van der Waals surface area contributed by atoms with Crippen molar-refractivity contribution in [3.63, 3.8) is 0 Å². The highest BCUT2D eigenvalue weighted by molar-refractivity contribution is 5.75. The smallest absolute Gasteiger partial charge is 0.325 e. The predicted octanol–water partition coefficient (Wildman–Crippen LogP) is 0.591. The number of rotatable bonds is 5. The number of nitrogens with zero attached hydrogens (tertiary/aromatic N) is 3. The second-order valence-corrected chi connectivity index (χ2v) is 3.94. The summed E-state index contributed by atoms with van der Waals surface area (Å²) in [6.45, 7) is 2.40. The fraction of sp³-hybridized carbons (Fsp3) is 0.545. The molecule has 1 saturated carbocycles. The van der Waals surface area contributed by atoms with Crippen LogP contribution in [0.25, 0.3) is 0 Å². The normalized spacial score (nSPS) is 14.4. The van der Waals surface area contributed by atoms with E-state index < -0.39 is 0 Å². The average Bonchev–Trinajstić information content (AvgIpc) is 3.10. The summed E-state index contributed by atoms with van der Waals surface area (Å²) in [7, 11) is 0. The van der Waals surface area contributed by atoms with Crippen molar-refractivity contribution < 1.29 is 9.53 Å². The summed E-state index contributed by atoms with van der Waals surface area (Å²) < 4.78 is 4.95. The average molecular weight is 236 g/mol. The first kappa shape index (κ1) is 11.6. The zero-order chi connectivity index (χ0) is 12.3. The van der Waals surface area contributed by atoms with Crippen molar-refractivity contribution >= 4 is 17.7 Å². The molecule has 1 heterocycles. The molecular formula is C11H16N4O2. The number of hydrogen-bond donors (Lipinski definition) is 1. The fourth-order valence-corrected chi connectivity index (χ4v) is 1.65. The van der Waals surface area contributed by atoms with Gasteiger partial charge in [-0.25, -0.2) is 4.98 Å². The molecule has 0 spiro atoms. The molecule has 1 fully saturated rings. The molecule has 17 heavy (non-hydrogen) atoms. The first-order chi connectivity index (χ1) is 8.20. The van der Waals surface area contributed by atoms with E-state index in [9.17, 15) is 4.79 Å². The van der Waals surface area contributed by atoms with Crippen LogP contribution in [0, 0.1) is 0 Å². The second kappa shape index (κ2) is 4.99. The second-order valence-electron chi connectivity index (χ2n) is 3.94. The number of anilines is 2. The minimum Gasteiger partial charge on any atom is -0.465 e. The number of aromatic nitrogens is 2. The highest BCUT2D eigenvalue weighted by Crippen LogP contribution is 2.30. The van der Waals surface area contributed by atoms with Gasteiger partial charge in [0.2, 0.25) is 5.95 Å². The first-order valence-electron chi connectivity index (χ1n) is 5.71. The van der Waals surface area contributed by atoms with E-state index in [0.29, 0.717) is 18.5 Å². The van der Waals surface area contributed by atoms with Crippen molar-refractivity contribution in [2.75, 3.05) is 23.8 Å². The highest BCUT2D eigenvalue weighted by Gasteiger charge is 2.31. The summed E-state index contributed by atoms with van der Waals surface area (Å²) in [6, 6.07) is 2.13. The number of carbonyl (C=O) groups is 1.